The number of rotatable bonds is 10. The van der Waals surface area contributed by atoms with Crippen molar-refractivity contribution in [1.82, 2.24) is 0 Å². The van der Waals surface area contributed by atoms with E-state index in [2.05, 4.69) is 61.5 Å². The standard InChI is InChI=1S/C20H26IO.6FH.18O.6Sb/c1-2-3-4-5-6-10-17-22-20-15-13-19(14-16-20)21-18-11-8-7-9-12-18;;;;;;;;;;;;;;;;;;;;;;;;;;;;;;/h7-9,11-16H,2-6,10,17H2,1H3;6*1H;;;;;;;;;;;;;;;;;;;;;;;;/q+1;;;;;;;;;;;;;12*-1;6*+1/p-6. The van der Waals surface area contributed by atoms with Crippen molar-refractivity contribution in [1.29, 1.82) is 0 Å². The van der Waals surface area contributed by atoms with Crippen LogP contribution in [0.2, 0.25) is 0 Å². The molecule has 0 aliphatic heterocycles. The van der Waals surface area contributed by atoms with E-state index >= 15 is 0 Å². The third kappa shape index (κ3) is 124. The summed E-state index contributed by atoms with van der Waals surface area (Å²) in [4.78, 5) is 0. The van der Waals surface area contributed by atoms with Crippen LogP contribution in [0.25, 0.3) is 0 Å². The van der Waals surface area contributed by atoms with Gasteiger partial charge in [0.15, 0.2) is 7.14 Å². The first-order valence-corrected chi connectivity index (χ1v) is 39.3. The van der Waals surface area contributed by atoms with Gasteiger partial charge in [-0.3, -0.25) is 0 Å². The topological polar surface area (TPSA) is 388 Å². The number of halogens is 7. The second-order valence-electron chi connectivity index (χ2n) is 8.04. The molecule has 0 heterocycles. The maximum atomic E-state index is 10.2. The Bertz CT molecular complexity index is 1240. The molecule has 0 fully saturated rings. The monoisotopic (exact) mass is 1540 g/mol. The minimum atomic E-state index is -6.35. The number of hydrogen-bond acceptors (Lipinski definition) is 19. The Labute approximate surface area is 337 Å². The molecule has 0 atom stereocenters. The van der Waals surface area contributed by atoms with E-state index in [0.29, 0.717) is 0 Å². The normalized spacial score (nSPS) is 11.3. The molecule has 0 amide bonds. The molecule has 0 saturated carbocycles. The maximum absolute atomic E-state index is 10.2. The summed E-state index contributed by atoms with van der Waals surface area (Å²) >= 11 is -38.2. The van der Waals surface area contributed by atoms with Crippen LogP contribution in [0.15, 0.2) is 54.6 Å². The van der Waals surface area contributed by atoms with E-state index in [1.807, 2.05) is 0 Å². The molecule has 0 saturated heterocycles. The Morgan fingerprint density at radius 1 is 0.462 bits per heavy atom. The molecule has 0 radical (unpaired) electrons. The molecule has 0 N–H and O–H groups in total. The molecule has 0 aliphatic rings. The van der Waals surface area contributed by atoms with Crippen molar-refractivity contribution in [3.63, 3.8) is 0 Å². The number of ether oxygens (including phenoxy) is 1. The summed E-state index contributed by atoms with van der Waals surface area (Å²) in [5.41, 5.74) is 0. The fourth-order valence-electron chi connectivity index (χ4n) is 2.27. The molecule has 310 valence electrons. The molecular weight excluding hydrogens is 1520 g/mol. The van der Waals surface area contributed by atoms with Gasteiger partial charge in [0.25, 0.3) is 0 Å². The van der Waals surface area contributed by atoms with Gasteiger partial charge in [-0.05, 0) is 42.8 Å². The Kier molecular flexibility index (Phi) is 40.8. The number of hydrogen-bond donors (Lipinski definition) is 0. The summed E-state index contributed by atoms with van der Waals surface area (Å²) in [5, 5.41) is 0. The van der Waals surface area contributed by atoms with Crippen LogP contribution in [0.1, 0.15) is 45.4 Å². The van der Waals surface area contributed by atoms with Gasteiger partial charge >= 0.3 is 218 Å². The van der Waals surface area contributed by atoms with Crippen LogP contribution in [0.3, 0.4) is 0 Å². The quantitative estimate of drug-likeness (QED) is 0.0922. The predicted octanol–water partition coefficient (Wildman–Crippen LogP) is -12.2. The van der Waals surface area contributed by atoms with Gasteiger partial charge in [-0.2, -0.15) is 0 Å². The zero-order valence-corrected chi connectivity index (χ0v) is 43.2. The van der Waals surface area contributed by atoms with Gasteiger partial charge in [-0.1, -0.05) is 57.2 Å². The van der Waals surface area contributed by atoms with Gasteiger partial charge in [-0.25, -0.2) is 0 Å². The number of unbranched alkanes of at least 4 members (excludes halogenated alkanes) is 5. The van der Waals surface area contributed by atoms with Crippen molar-refractivity contribution < 1.29 is 102 Å². The van der Waals surface area contributed by atoms with Crippen molar-refractivity contribution in [3.8, 4) is 5.75 Å². The molecule has 2 aromatic rings. The van der Waals surface area contributed by atoms with Crippen LogP contribution < -0.4 is 66.6 Å². The molecule has 0 unspecified atom stereocenters. The van der Waals surface area contributed by atoms with E-state index in [9.17, 15) is 16.9 Å². The van der Waals surface area contributed by atoms with Gasteiger partial charge < -0.3 is 4.74 Å². The fourth-order valence-corrected chi connectivity index (χ4v) is 4.48. The second kappa shape index (κ2) is 33.7. The Morgan fingerprint density at radius 2 is 0.731 bits per heavy atom. The van der Waals surface area contributed by atoms with E-state index in [1.54, 1.807) is 0 Å². The van der Waals surface area contributed by atoms with Gasteiger partial charge in [0.1, 0.15) is 5.75 Å². The van der Waals surface area contributed by atoms with E-state index in [-0.39, 0.29) is 21.2 Å². The van der Waals surface area contributed by atoms with Crippen molar-refractivity contribution in [2.75, 3.05) is 6.61 Å². The van der Waals surface area contributed by atoms with Gasteiger partial charge in [0.2, 0.25) is 0 Å². The van der Waals surface area contributed by atoms with E-state index in [1.165, 1.54) is 45.7 Å². The molecule has 0 aliphatic carbocycles. The molecular formula is C20H26F6IO19Sb6-11. The Morgan fingerprint density at radius 3 is 1.04 bits per heavy atom. The third-order valence-electron chi connectivity index (χ3n) is 3.53. The molecule has 0 spiro atoms. The van der Waals surface area contributed by atoms with E-state index < -0.39 is 121 Å². The third-order valence-corrected chi connectivity index (χ3v) is 6.22. The molecule has 52 heavy (non-hydrogen) atoms. The molecule has 0 bridgehead atoms. The SMILES string of the molecule is CCCCCCCCOc1ccc([I+]c2ccccc2)cc1.[O]=[Sb]([O-])([O-])[F].[O]=[Sb]([O-])([O-])[F].[O]=[Sb]([O-])([O-])[F].[O]=[Sb]([O-])([O-])[F].[O]=[Sb]([O-])([O-])[F].[O]=[Sb]([O-])([O-])[F]. The van der Waals surface area contributed by atoms with Crippen LogP contribution in [0, 0.1) is 7.14 Å². The average Bonchev–Trinajstić information content (AvgIpc) is 2.84. The summed E-state index contributed by atoms with van der Waals surface area (Å²) in [5.74, 6) is 1.01. The fraction of sp³-hybridized carbons (Fsp3) is 0.400. The van der Waals surface area contributed by atoms with Crippen LogP contribution in [0.5, 0.6) is 5.75 Å². The second-order valence-corrected chi connectivity index (χ2v) is 25.8. The van der Waals surface area contributed by atoms with Gasteiger partial charge in [0, 0.05) is 0 Å². The zero-order valence-electron chi connectivity index (χ0n) is 25.7. The van der Waals surface area contributed by atoms with Crippen molar-refractivity contribution in [2.45, 2.75) is 45.4 Å². The molecule has 0 aromatic heterocycles. The van der Waals surface area contributed by atoms with Crippen LogP contribution >= 0.6 is 0 Å². The van der Waals surface area contributed by atoms with Gasteiger partial charge in [0.05, 0.1) is 6.61 Å². The first kappa shape index (κ1) is 63.0. The first-order valence-electron chi connectivity index (χ1n) is 12.6. The van der Waals surface area contributed by atoms with Crippen LogP contribution in [0.4, 0.5) is 16.9 Å². The van der Waals surface area contributed by atoms with Gasteiger partial charge in [-0.15, -0.1) is 0 Å². The molecule has 2 aromatic carbocycles. The zero-order chi connectivity index (χ0) is 42.5. The summed E-state index contributed by atoms with van der Waals surface area (Å²) < 4.78 is 224. The first-order chi connectivity index (χ1) is 22.9. The van der Waals surface area contributed by atoms with Crippen LogP contribution in [-0.4, -0.2) is 128 Å². The van der Waals surface area contributed by atoms with Crippen molar-refractivity contribution in [2.24, 2.45) is 0 Å². The minimum absolute atomic E-state index is 0.0655. The summed E-state index contributed by atoms with van der Waals surface area (Å²) in [6.45, 7) is 3.10. The summed E-state index contributed by atoms with van der Waals surface area (Å²) in [7, 11) is 0. The van der Waals surface area contributed by atoms with Crippen molar-refractivity contribution in [3.05, 3.63) is 61.7 Å². The predicted molar refractivity (Wildman–Crippen MR) is 134 cm³/mol. The van der Waals surface area contributed by atoms with E-state index in [0.717, 1.165) is 12.4 Å². The molecule has 2 rings (SSSR count). The van der Waals surface area contributed by atoms with E-state index in [4.69, 9.17) is 63.5 Å². The van der Waals surface area contributed by atoms with Crippen molar-refractivity contribution >= 4 is 121 Å². The average molecular weight is 1540 g/mol. The van der Waals surface area contributed by atoms with Crippen LogP contribution in [-0.2, 0) is 18.1 Å². The summed E-state index contributed by atoms with van der Waals surface area (Å²) in [6, 6.07) is 19.4. The Hall–Kier alpha value is 1.78. The Balaban J connectivity index is -0.000000200. The molecule has 32 heteroatoms. The summed E-state index contributed by atoms with van der Waals surface area (Å²) in [6.07, 6.45) is 7.85. The number of benzene rings is 2. The molecule has 19 nitrogen and oxygen atoms in total.